The van der Waals surface area contributed by atoms with Gasteiger partial charge in [-0.3, -0.25) is 0 Å². The van der Waals surface area contributed by atoms with E-state index in [1.165, 1.54) is 0 Å². The predicted molar refractivity (Wildman–Crippen MR) is 64.6 cm³/mol. The van der Waals surface area contributed by atoms with Crippen LogP contribution in [0.1, 0.15) is 20.3 Å². The molecule has 1 atom stereocenters. The Balaban J connectivity index is 4.19. The highest BCUT2D eigenvalue weighted by molar-refractivity contribution is 7.90. The van der Waals surface area contributed by atoms with Gasteiger partial charge in [0.2, 0.25) is 10.0 Å². The molecule has 0 aliphatic heterocycles. The highest BCUT2D eigenvalue weighted by atomic mass is 35.5. The maximum atomic E-state index is 11.2. The molecule has 0 aromatic carbocycles. The van der Waals surface area contributed by atoms with E-state index in [1.54, 1.807) is 0 Å². The maximum absolute atomic E-state index is 11.2. The van der Waals surface area contributed by atoms with Gasteiger partial charge in [-0.2, -0.15) is 0 Å². The van der Waals surface area contributed by atoms with E-state index in [9.17, 15) is 8.42 Å². The van der Waals surface area contributed by atoms with Gasteiger partial charge < -0.3 is 4.90 Å². The number of rotatable bonds is 7. The van der Waals surface area contributed by atoms with Crippen molar-refractivity contribution in [1.82, 2.24) is 9.62 Å². The van der Waals surface area contributed by atoms with Crippen LogP contribution in [0.5, 0.6) is 0 Å². The number of likely N-dealkylation sites (N-methyl/N-ethyl adjacent to an activating group) is 1. The van der Waals surface area contributed by atoms with Crippen LogP contribution in [0, 0.1) is 5.92 Å². The Morgan fingerprint density at radius 2 is 1.87 bits per heavy atom. The fourth-order valence-corrected chi connectivity index (χ4v) is 2.04. The summed E-state index contributed by atoms with van der Waals surface area (Å²) in [5, 5.41) is -0.380. The van der Waals surface area contributed by atoms with Gasteiger partial charge in [0.05, 0.1) is 0 Å². The Morgan fingerprint density at radius 1 is 1.33 bits per heavy atom. The van der Waals surface area contributed by atoms with E-state index >= 15 is 0 Å². The molecule has 1 unspecified atom stereocenters. The largest absolute Gasteiger partial charge is 0.305 e. The molecule has 4 nitrogen and oxygen atoms in total. The maximum Gasteiger partial charge on any atom is 0.225 e. The van der Waals surface area contributed by atoms with E-state index in [0.29, 0.717) is 12.5 Å². The van der Waals surface area contributed by atoms with Gasteiger partial charge in [-0.15, -0.1) is 11.6 Å². The topological polar surface area (TPSA) is 49.4 Å². The number of halogens is 1. The normalized spacial score (nSPS) is 14.9. The lowest BCUT2D eigenvalue weighted by Crippen LogP contribution is -2.41. The summed E-state index contributed by atoms with van der Waals surface area (Å²) in [5.74, 6) is 0.540. The quantitative estimate of drug-likeness (QED) is 0.694. The third kappa shape index (κ3) is 7.11. The smallest absolute Gasteiger partial charge is 0.225 e. The monoisotopic (exact) mass is 256 g/mol. The molecule has 1 N–H and O–H groups in total. The molecule has 6 heteroatoms. The van der Waals surface area contributed by atoms with E-state index in [4.69, 9.17) is 11.6 Å². The molecule has 0 aliphatic rings. The van der Waals surface area contributed by atoms with Crippen LogP contribution in [0.3, 0.4) is 0 Å². The second kappa shape index (κ2) is 6.68. The van der Waals surface area contributed by atoms with Crippen molar-refractivity contribution in [3.63, 3.8) is 0 Å². The predicted octanol–water partition coefficient (Wildman–Crippen LogP) is 1.08. The molecule has 0 radical (unpaired) electrons. The molecule has 0 aliphatic carbocycles. The first-order valence-corrected chi connectivity index (χ1v) is 7.17. The third-order valence-corrected chi connectivity index (χ3v) is 3.91. The fourth-order valence-electron chi connectivity index (χ4n) is 1.28. The summed E-state index contributed by atoms with van der Waals surface area (Å²) >= 11 is 5.30. The Morgan fingerprint density at radius 3 is 2.20 bits per heavy atom. The summed E-state index contributed by atoms with van der Waals surface area (Å²) in [6, 6.07) is 0.211. The number of nitrogens with zero attached hydrogens (tertiary/aromatic N) is 1. The zero-order chi connectivity index (χ0) is 12.1. The van der Waals surface area contributed by atoms with Crippen LogP contribution >= 0.6 is 11.6 Å². The first-order valence-electron chi connectivity index (χ1n) is 4.98. The molecule has 0 saturated heterocycles. The lowest BCUT2D eigenvalue weighted by Gasteiger charge is -2.25. The van der Waals surface area contributed by atoms with E-state index in [-0.39, 0.29) is 11.3 Å². The molecule has 0 amide bonds. The van der Waals surface area contributed by atoms with Gasteiger partial charge in [-0.25, -0.2) is 13.1 Å². The van der Waals surface area contributed by atoms with E-state index in [0.717, 1.165) is 6.42 Å². The molecule has 0 spiro atoms. The molecule has 0 aromatic rings. The molecule has 0 saturated carbocycles. The van der Waals surface area contributed by atoms with Crippen LogP contribution in [0.15, 0.2) is 0 Å². The molecule has 0 heterocycles. The van der Waals surface area contributed by atoms with Crippen molar-refractivity contribution >= 4 is 21.6 Å². The van der Waals surface area contributed by atoms with Gasteiger partial charge in [-0.05, 0) is 26.4 Å². The van der Waals surface area contributed by atoms with Crippen molar-refractivity contribution in [1.29, 1.82) is 0 Å². The summed E-state index contributed by atoms with van der Waals surface area (Å²) in [6.07, 6.45) is 0.956. The number of nitrogens with one attached hydrogen (secondary N) is 1. The van der Waals surface area contributed by atoms with Crippen LogP contribution in [-0.4, -0.2) is 45.2 Å². The first kappa shape index (κ1) is 15.2. The number of hydrogen-bond acceptors (Lipinski definition) is 3. The highest BCUT2D eigenvalue weighted by Gasteiger charge is 2.16. The minimum absolute atomic E-state index is 0.211. The summed E-state index contributed by atoms with van der Waals surface area (Å²) in [7, 11) is 0.598. The number of alkyl halides is 1. The number of hydrogen-bond donors (Lipinski definition) is 1. The molecular formula is C9H21ClN2O2S. The van der Waals surface area contributed by atoms with Crippen molar-refractivity contribution in [3.05, 3.63) is 0 Å². The van der Waals surface area contributed by atoms with Gasteiger partial charge in [0.1, 0.15) is 5.21 Å². The van der Waals surface area contributed by atoms with Crippen LogP contribution < -0.4 is 4.72 Å². The Hall–Kier alpha value is 0.160. The van der Waals surface area contributed by atoms with E-state index in [2.05, 4.69) is 18.6 Å². The standard InChI is InChI=1S/C9H21ClN2O2S/c1-8(2)5-9(12(3)4)6-11-15(13,14)7-10/h8-9,11H,5-7H2,1-4H3. The second-order valence-electron chi connectivity index (χ2n) is 4.32. The van der Waals surface area contributed by atoms with Crippen LogP contribution in [0.4, 0.5) is 0 Å². The Bertz CT molecular complexity index is 265. The van der Waals surface area contributed by atoms with Gasteiger partial charge in [0, 0.05) is 12.6 Å². The molecule has 0 aromatic heterocycles. The average molecular weight is 257 g/mol. The van der Waals surface area contributed by atoms with Crippen molar-refractivity contribution in [3.8, 4) is 0 Å². The number of sulfonamides is 1. The third-order valence-electron chi connectivity index (χ3n) is 2.16. The minimum Gasteiger partial charge on any atom is -0.305 e. The van der Waals surface area contributed by atoms with Gasteiger partial charge in [-0.1, -0.05) is 13.8 Å². The summed E-state index contributed by atoms with van der Waals surface area (Å²) in [4.78, 5) is 2.02. The van der Waals surface area contributed by atoms with Crippen LogP contribution in [0.2, 0.25) is 0 Å². The molecule has 0 fully saturated rings. The van der Waals surface area contributed by atoms with Crippen molar-refractivity contribution in [2.75, 3.05) is 25.9 Å². The van der Waals surface area contributed by atoms with E-state index < -0.39 is 10.0 Å². The first-order chi connectivity index (χ1) is 6.78. The SMILES string of the molecule is CC(C)CC(CNS(=O)(=O)CCl)N(C)C. The molecule has 0 bridgehead atoms. The molecular weight excluding hydrogens is 236 g/mol. The summed E-state index contributed by atoms with van der Waals surface area (Å²) in [5.41, 5.74) is 0. The van der Waals surface area contributed by atoms with Gasteiger partial charge in [0.15, 0.2) is 0 Å². The zero-order valence-electron chi connectivity index (χ0n) is 9.83. The van der Waals surface area contributed by atoms with Crippen molar-refractivity contribution in [2.45, 2.75) is 26.3 Å². The lowest BCUT2D eigenvalue weighted by atomic mass is 10.0. The summed E-state index contributed by atoms with van der Waals surface area (Å²) in [6.45, 7) is 4.65. The van der Waals surface area contributed by atoms with E-state index in [1.807, 2.05) is 19.0 Å². The van der Waals surface area contributed by atoms with Gasteiger partial charge in [0.25, 0.3) is 0 Å². The molecule has 15 heavy (non-hydrogen) atoms. The van der Waals surface area contributed by atoms with Crippen molar-refractivity contribution < 1.29 is 8.42 Å². The van der Waals surface area contributed by atoms with Crippen LogP contribution in [0.25, 0.3) is 0 Å². The average Bonchev–Trinajstić information content (AvgIpc) is 2.11. The fraction of sp³-hybridized carbons (Fsp3) is 1.00. The highest BCUT2D eigenvalue weighted by Crippen LogP contribution is 2.08. The van der Waals surface area contributed by atoms with Gasteiger partial charge >= 0.3 is 0 Å². The summed E-state index contributed by atoms with van der Waals surface area (Å²) < 4.78 is 24.8. The lowest BCUT2D eigenvalue weighted by molar-refractivity contribution is 0.255. The Labute approximate surface area is 98.0 Å². The van der Waals surface area contributed by atoms with Crippen LogP contribution in [-0.2, 0) is 10.0 Å². The molecule has 0 rings (SSSR count). The Kier molecular flexibility index (Phi) is 6.75. The van der Waals surface area contributed by atoms with Crippen molar-refractivity contribution in [2.24, 2.45) is 5.92 Å². The second-order valence-corrected chi connectivity index (χ2v) is 6.71. The molecule has 92 valence electrons. The zero-order valence-corrected chi connectivity index (χ0v) is 11.4. The minimum atomic E-state index is -3.30.